The fourth-order valence-electron chi connectivity index (χ4n) is 4.71. The van der Waals surface area contributed by atoms with Gasteiger partial charge in [-0.3, -0.25) is 9.80 Å². The Balaban J connectivity index is 1.55. The van der Waals surface area contributed by atoms with E-state index in [0.717, 1.165) is 27.3 Å². The maximum absolute atomic E-state index is 14.5. The Morgan fingerprint density at radius 1 is 1.08 bits per heavy atom. The number of aliphatic carboxylic acids is 1. The lowest BCUT2D eigenvalue weighted by Crippen LogP contribution is -2.36. The number of hydrogen-bond donors (Lipinski definition) is 1. The molecule has 0 radical (unpaired) electrons. The molecule has 5 nitrogen and oxygen atoms in total. The summed E-state index contributed by atoms with van der Waals surface area (Å²) >= 11 is 0. The first-order valence-corrected chi connectivity index (χ1v) is 12.3. The van der Waals surface area contributed by atoms with Crippen LogP contribution in [0.2, 0.25) is 0 Å². The molecular formula is C29H28F4N2O3. The summed E-state index contributed by atoms with van der Waals surface area (Å²) in [6.45, 7) is 5.63. The van der Waals surface area contributed by atoms with Gasteiger partial charge in [0.25, 0.3) is 0 Å². The number of halogens is 4. The molecule has 200 valence electrons. The lowest BCUT2D eigenvalue weighted by Gasteiger charge is -2.25. The first-order valence-electron chi connectivity index (χ1n) is 12.3. The van der Waals surface area contributed by atoms with Gasteiger partial charge < -0.3 is 9.84 Å². The van der Waals surface area contributed by atoms with Gasteiger partial charge in [-0.25, -0.2) is 4.39 Å². The smallest absolute Gasteiger partial charge is 0.431 e. The summed E-state index contributed by atoms with van der Waals surface area (Å²) in [7, 11) is 0. The van der Waals surface area contributed by atoms with Crippen molar-refractivity contribution in [2.75, 3.05) is 11.6 Å². The number of carboxylic acid groups (broad SMARTS) is 1. The summed E-state index contributed by atoms with van der Waals surface area (Å²) in [5.74, 6) is -2.02. The third kappa shape index (κ3) is 5.82. The molecule has 0 bridgehead atoms. The molecule has 0 fully saturated rings. The molecule has 38 heavy (non-hydrogen) atoms. The lowest BCUT2D eigenvalue weighted by molar-refractivity contribution is -0.137. The van der Waals surface area contributed by atoms with Gasteiger partial charge in [0.1, 0.15) is 17.3 Å². The second-order valence-corrected chi connectivity index (χ2v) is 9.34. The molecule has 1 aliphatic rings. The molecule has 0 aliphatic carbocycles. The zero-order valence-electron chi connectivity index (χ0n) is 21.2. The van der Waals surface area contributed by atoms with Crippen molar-refractivity contribution in [2.24, 2.45) is 11.0 Å². The summed E-state index contributed by atoms with van der Waals surface area (Å²) in [5, 5.41) is 14.2. The number of alkyl halides is 3. The Morgan fingerprint density at radius 3 is 2.39 bits per heavy atom. The van der Waals surface area contributed by atoms with Crippen LogP contribution in [-0.2, 0) is 11.2 Å². The van der Waals surface area contributed by atoms with Gasteiger partial charge in [0.05, 0.1) is 24.8 Å². The Bertz CT molecular complexity index is 1350. The highest BCUT2D eigenvalue weighted by Gasteiger charge is 2.48. The van der Waals surface area contributed by atoms with Crippen LogP contribution in [0.5, 0.6) is 5.75 Å². The molecule has 0 saturated heterocycles. The molecule has 4 rings (SSSR count). The largest absolute Gasteiger partial charge is 0.494 e. The summed E-state index contributed by atoms with van der Waals surface area (Å²) in [5.41, 5.74) is 3.47. The van der Waals surface area contributed by atoms with Crippen molar-refractivity contribution < 1.29 is 32.2 Å². The van der Waals surface area contributed by atoms with Crippen molar-refractivity contribution in [1.29, 1.82) is 0 Å². The van der Waals surface area contributed by atoms with Crippen molar-refractivity contribution in [3.63, 3.8) is 0 Å². The number of nitrogens with zero attached hydrogens (tertiary/aromatic N) is 2. The number of carboxylic acids is 1. The number of hydrazone groups is 1. The molecule has 0 saturated carbocycles. The number of anilines is 1. The van der Waals surface area contributed by atoms with Gasteiger partial charge >= 0.3 is 12.1 Å². The van der Waals surface area contributed by atoms with Gasteiger partial charge in [-0.15, -0.1) is 0 Å². The monoisotopic (exact) mass is 528 g/mol. The fraction of sp³-hybridized carbons (Fsp3) is 0.310. The number of rotatable bonds is 8. The number of carbonyl (C=O) groups is 1. The summed E-state index contributed by atoms with van der Waals surface area (Å²) in [6, 6.07) is 16.3. The van der Waals surface area contributed by atoms with E-state index in [0.29, 0.717) is 30.0 Å². The summed E-state index contributed by atoms with van der Waals surface area (Å²) in [6.07, 6.45) is -4.55. The standard InChI is InChI=1S/C29H28F4N2O3/c1-4-38-23-11-12-25(30)24(15-23)21-8-7-20(17(2)13-21)14-19-5-9-22(10-6-19)35-26(16-27(36)37)18(3)28(34-35)29(31,32)33/h5-13,15,18,26H,4,14,16H2,1-3H3,(H,36,37). The Kier molecular flexibility index (Phi) is 7.76. The third-order valence-corrected chi connectivity index (χ3v) is 6.71. The van der Waals surface area contributed by atoms with Gasteiger partial charge in [-0.1, -0.05) is 37.3 Å². The summed E-state index contributed by atoms with van der Waals surface area (Å²) in [4.78, 5) is 11.3. The highest BCUT2D eigenvalue weighted by atomic mass is 19.4. The van der Waals surface area contributed by atoms with Crippen molar-refractivity contribution in [3.8, 4) is 16.9 Å². The molecule has 0 amide bonds. The van der Waals surface area contributed by atoms with E-state index in [1.54, 1.807) is 36.4 Å². The van der Waals surface area contributed by atoms with Crippen LogP contribution in [0.3, 0.4) is 0 Å². The SMILES string of the molecule is CCOc1ccc(F)c(-c2ccc(Cc3ccc(N4N=C(C(F)(F)F)C(C)C4CC(=O)O)cc3)c(C)c2)c1. The van der Waals surface area contributed by atoms with Crippen molar-refractivity contribution >= 4 is 17.4 Å². The summed E-state index contributed by atoms with van der Waals surface area (Å²) < 4.78 is 60.3. The maximum atomic E-state index is 14.5. The maximum Gasteiger partial charge on any atom is 0.431 e. The molecular weight excluding hydrogens is 500 g/mol. The van der Waals surface area contributed by atoms with E-state index in [2.05, 4.69) is 5.10 Å². The Hall–Kier alpha value is -3.88. The minimum absolute atomic E-state index is 0.343. The molecule has 1 aliphatic heterocycles. The van der Waals surface area contributed by atoms with Gasteiger partial charge in [-0.2, -0.15) is 18.3 Å². The normalized spacial score (nSPS) is 17.4. The molecule has 1 heterocycles. The highest BCUT2D eigenvalue weighted by Crippen LogP contribution is 2.36. The number of aryl methyl sites for hydroxylation is 1. The zero-order valence-corrected chi connectivity index (χ0v) is 21.2. The van der Waals surface area contributed by atoms with E-state index in [1.165, 1.54) is 13.0 Å². The predicted octanol–water partition coefficient (Wildman–Crippen LogP) is 7.01. The number of hydrogen-bond acceptors (Lipinski definition) is 4. The quantitative estimate of drug-likeness (QED) is 0.320. The first-order chi connectivity index (χ1) is 18.0. The Morgan fingerprint density at radius 2 is 1.79 bits per heavy atom. The van der Waals surface area contributed by atoms with Crippen LogP contribution in [-0.4, -0.2) is 35.6 Å². The van der Waals surface area contributed by atoms with E-state index in [-0.39, 0.29) is 5.82 Å². The highest BCUT2D eigenvalue weighted by molar-refractivity contribution is 5.96. The van der Waals surface area contributed by atoms with Crippen LogP contribution in [0.1, 0.15) is 37.0 Å². The van der Waals surface area contributed by atoms with Gasteiger partial charge in [0.2, 0.25) is 0 Å². The molecule has 2 atom stereocenters. The molecule has 1 N–H and O–H groups in total. The minimum atomic E-state index is -4.64. The van der Waals surface area contributed by atoms with Crippen LogP contribution in [0.15, 0.2) is 65.8 Å². The topological polar surface area (TPSA) is 62.1 Å². The molecule has 3 aromatic rings. The van der Waals surface area contributed by atoms with Gasteiger partial charge in [-0.05, 0) is 72.9 Å². The Labute approximate surface area is 218 Å². The van der Waals surface area contributed by atoms with E-state index < -0.39 is 36.2 Å². The van der Waals surface area contributed by atoms with Crippen LogP contribution in [0.4, 0.5) is 23.2 Å². The average Bonchev–Trinajstić information content (AvgIpc) is 3.18. The lowest BCUT2D eigenvalue weighted by atomic mass is 9.94. The van der Waals surface area contributed by atoms with Crippen molar-refractivity contribution in [2.45, 2.75) is 45.8 Å². The van der Waals surface area contributed by atoms with Crippen LogP contribution >= 0.6 is 0 Å². The predicted molar refractivity (Wildman–Crippen MR) is 138 cm³/mol. The van der Waals surface area contributed by atoms with Gasteiger partial charge in [0.15, 0.2) is 0 Å². The number of benzene rings is 3. The van der Waals surface area contributed by atoms with E-state index >= 15 is 0 Å². The van der Waals surface area contributed by atoms with E-state index in [4.69, 9.17) is 4.74 Å². The second-order valence-electron chi connectivity index (χ2n) is 9.34. The average molecular weight is 529 g/mol. The minimum Gasteiger partial charge on any atom is -0.494 e. The molecule has 0 aromatic heterocycles. The van der Waals surface area contributed by atoms with Gasteiger partial charge in [0, 0.05) is 11.5 Å². The molecule has 3 aromatic carbocycles. The van der Waals surface area contributed by atoms with E-state index in [1.807, 2.05) is 32.0 Å². The second kappa shape index (κ2) is 10.8. The molecule has 0 spiro atoms. The van der Waals surface area contributed by atoms with Crippen LogP contribution in [0.25, 0.3) is 11.1 Å². The zero-order chi connectivity index (χ0) is 27.6. The third-order valence-electron chi connectivity index (χ3n) is 6.71. The van der Waals surface area contributed by atoms with Crippen LogP contribution in [0, 0.1) is 18.7 Å². The van der Waals surface area contributed by atoms with Crippen LogP contribution < -0.4 is 9.75 Å². The fourth-order valence-corrected chi connectivity index (χ4v) is 4.71. The number of ether oxygens (including phenoxy) is 1. The van der Waals surface area contributed by atoms with Crippen molar-refractivity contribution in [1.82, 2.24) is 0 Å². The molecule has 2 unspecified atom stereocenters. The van der Waals surface area contributed by atoms with E-state index in [9.17, 15) is 27.5 Å². The van der Waals surface area contributed by atoms with Crippen molar-refractivity contribution in [3.05, 3.63) is 83.2 Å². The molecule has 9 heteroatoms. The first kappa shape index (κ1) is 27.2.